The van der Waals surface area contributed by atoms with Crippen molar-refractivity contribution in [3.63, 3.8) is 0 Å². The molecule has 0 aliphatic heterocycles. The first kappa shape index (κ1) is 22.0. The van der Waals surface area contributed by atoms with Gasteiger partial charge in [-0.3, -0.25) is 4.79 Å². The number of nitrogens with zero attached hydrogens (tertiary/aromatic N) is 4. The maximum absolute atomic E-state index is 13.1. The van der Waals surface area contributed by atoms with Crippen LogP contribution in [0.5, 0.6) is 0 Å². The molecule has 2 heterocycles. The molecule has 0 N–H and O–H groups in total. The lowest BCUT2D eigenvalue weighted by atomic mass is 9.93. The van der Waals surface area contributed by atoms with Gasteiger partial charge in [-0.15, -0.1) is 0 Å². The first-order valence-corrected chi connectivity index (χ1v) is 11.0. The van der Waals surface area contributed by atoms with E-state index < -0.39 is 0 Å². The molecule has 3 aromatic rings. The molecule has 0 fully saturated rings. The van der Waals surface area contributed by atoms with E-state index in [1.807, 2.05) is 23.3 Å². The third kappa shape index (κ3) is 4.11. The minimum absolute atomic E-state index is 0.0187. The van der Waals surface area contributed by atoms with Crippen molar-refractivity contribution in [2.45, 2.75) is 67.7 Å². The van der Waals surface area contributed by atoms with Crippen LogP contribution in [0.25, 0.3) is 5.65 Å². The Labute approximate surface area is 180 Å². The van der Waals surface area contributed by atoms with E-state index in [2.05, 4.69) is 51.9 Å². The summed E-state index contributed by atoms with van der Waals surface area (Å²) in [6, 6.07) is 4.47. The van der Waals surface area contributed by atoms with Gasteiger partial charge in [-0.1, -0.05) is 31.0 Å². The Morgan fingerprint density at radius 1 is 1.03 bits per heavy atom. The number of carbonyl (C=O) groups excluding carboxylic acids is 1. The van der Waals surface area contributed by atoms with Gasteiger partial charge in [-0.25, -0.2) is 9.50 Å². The van der Waals surface area contributed by atoms with Gasteiger partial charge >= 0.3 is 0 Å². The predicted octanol–water partition coefficient (Wildman–Crippen LogP) is 5.12. The largest absolute Gasteiger partial charge is 0.339 e. The van der Waals surface area contributed by atoms with Crippen molar-refractivity contribution in [2.24, 2.45) is 0 Å². The van der Waals surface area contributed by atoms with E-state index in [0.29, 0.717) is 17.8 Å². The fraction of sp³-hybridized carbons (Fsp3) is 0.480. The number of amides is 1. The van der Waals surface area contributed by atoms with Gasteiger partial charge in [0.25, 0.3) is 5.91 Å². The minimum atomic E-state index is 0.0187. The second-order valence-corrected chi connectivity index (χ2v) is 8.35. The van der Waals surface area contributed by atoms with Gasteiger partial charge < -0.3 is 4.90 Å². The van der Waals surface area contributed by atoms with Crippen molar-refractivity contribution >= 4 is 11.6 Å². The van der Waals surface area contributed by atoms with E-state index in [-0.39, 0.29) is 5.91 Å². The van der Waals surface area contributed by atoms with Crippen molar-refractivity contribution < 1.29 is 4.79 Å². The summed E-state index contributed by atoms with van der Waals surface area (Å²) < 4.78 is 1.84. The molecule has 0 saturated carbocycles. The highest BCUT2D eigenvalue weighted by Crippen LogP contribution is 2.25. The molecule has 160 valence electrons. The zero-order chi connectivity index (χ0) is 22.0. The van der Waals surface area contributed by atoms with Gasteiger partial charge in [0.15, 0.2) is 5.65 Å². The first-order valence-electron chi connectivity index (χ1n) is 11.0. The number of aromatic nitrogens is 3. The number of fused-ring (bicyclic) bond motifs is 1. The number of hydrogen-bond donors (Lipinski definition) is 0. The third-order valence-corrected chi connectivity index (χ3v) is 6.08. The van der Waals surface area contributed by atoms with Gasteiger partial charge in [0, 0.05) is 30.9 Å². The molecule has 5 nitrogen and oxygen atoms in total. The van der Waals surface area contributed by atoms with Crippen molar-refractivity contribution in [1.82, 2.24) is 19.5 Å². The number of aryl methyl sites for hydroxylation is 5. The predicted molar refractivity (Wildman–Crippen MR) is 122 cm³/mol. The monoisotopic (exact) mass is 406 g/mol. The lowest BCUT2D eigenvalue weighted by Gasteiger charge is -2.20. The van der Waals surface area contributed by atoms with Crippen LogP contribution in [-0.4, -0.2) is 38.5 Å². The molecular formula is C25H34N4O. The molecular weight excluding hydrogens is 372 g/mol. The zero-order valence-electron chi connectivity index (χ0n) is 19.5. The van der Waals surface area contributed by atoms with Crippen molar-refractivity contribution in [1.29, 1.82) is 0 Å². The summed E-state index contributed by atoms with van der Waals surface area (Å²) in [6.45, 7) is 16.2. The molecule has 0 aliphatic rings. The van der Waals surface area contributed by atoms with E-state index in [1.165, 1.54) is 27.8 Å². The Kier molecular flexibility index (Phi) is 6.59. The van der Waals surface area contributed by atoms with E-state index in [1.54, 1.807) is 6.20 Å². The summed E-state index contributed by atoms with van der Waals surface area (Å²) in [5.41, 5.74) is 9.67. The maximum atomic E-state index is 13.1. The second kappa shape index (κ2) is 8.99. The van der Waals surface area contributed by atoms with Crippen LogP contribution in [0.3, 0.4) is 0 Å². The summed E-state index contributed by atoms with van der Waals surface area (Å²) >= 11 is 0. The van der Waals surface area contributed by atoms with E-state index in [0.717, 1.165) is 37.2 Å². The molecule has 1 aromatic carbocycles. The Bertz CT molecular complexity index is 1060. The molecule has 1 amide bonds. The standard InChI is InChI=1S/C25H34N4O/c1-8-10-11-28(9-2)25(30)23-15-26-29-20(7)22(19(6)27-24(23)29)14-21-17(4)12-16(3)13-18(21)5/h12-13,15H,8-11,14H2,1-7H3. The Morgan fingerprint density at radius 2 is 1.70 bits per heavy atom. The topological polar surface area (TPSA) is 50.5 Å². The molecule has 0 unspecified atom stereocenters. The van der Waals surface area contributed by atoms with Crippen molar-refractivity contribution in [3.8, 4) is 0 Å². The number of unbranched alkanes of at least 4 members (excludes halogenated alkanes) is 1. The van der Waals surface area contributed by atoms with Gasteiger partial charge in [0.05, 0.1) is 6.20 Å². The van der Waals surface area contributed by atoms with Crippen LogP contribution >= 0.6 is 0 Å². The Morgan fingerprint density at radius 3 is 2.30 bits per heavy atom. The average Bonchev–Trinajstić information content (AvgIpc) is 3.10. The second-order valence-electron chi connectivity index (χ2n) is 8.35. The molecule has 0 aliphatic carbocycles. The fourth-order valence-electron chi connectivity index (χ4n) is 4.31. The number of hydrogen-bond acceptors (Lipinski definition) is 3. The van der Waals surface area contributed by atoms with Crippen LogP contribution in [-0.2, 0) is 6.42 Å². The molecule has 0 radical (unpaired) electrons. The molecule has 0 spiro atoms. The summed E-state index contributed by atoms with van der Waals surface area (Å²) in [7, 11) is 0. The SMILES string of the molecule is CCCCN(CC)C(=O)c1cnn2c(C)c(Cc3c(C)cc(C)cc3C)c(C)nc12. The molecule has 0 saturated heterocycles. The van der Waals surface area contributed by atoms with Gasteiger partial charge in [0.1, 0.15) is 5.56 Å². The molecule has 30 heavy (non-hydrogen) atoms. The average molecular weight is 407 g/mol. The summed E-state index contributed by atoms with van der Waals surface area (Å²) in [5.74, 6) is 0.0187. The molecule has 0 bridgehead atoms. The summed E-state index contributed by atoms with van der Waals surface area (Å²) in [6.07, 6.45) is 4.57. The number of carbonyl (C=O) groups is 1. The number of rotatable bonds is 7. The smallest absolute Gasteiger partial charge is 0.259 e. The minimum Gasteiger partial charge on any atom is -0.339 e. The van der Waals surface area contributed by atoms with Gasteiger partial charge in [0.2, 0.25) is 0 Å². The van der Waals surface area contributed by atoms with Gasteiger partial charge in [-0.05, 0) is 70.2 Å². The van der Waals surface area contributed by atoms with Crippen LogP contribution < -0.4 is 0 Å². The van der Waals surface area contributed by atoms with E-state index in [4.69, 9.17) is 4.98 Å². The lowest BCUT2D eigenvalue weighted by Crippen LogP contribution is -2.31. The molecule has 2 aromatic heterocycles. The molecule has 0 atom stereocenters. The highest BCUT2D eigenvalue weighted by molar-refractivity contribution is 5.99. The van der Waals surface area contributed by atoms with E-state index in [9.17, 15) is 4.79 Å². The highest BCUT2D eigenvalue weighted by atomic mass is 16.2. The Balaban J connectivity index is 2.03. The van der Waals surface area contributed by atoms with Crippen LogP contribution in [0.15, 0.2) is 18.3 Å². The van der Waals surface area contributed by atoms with E-state index >= 15 is 0 Å². The third-order valence-electron chi connectivity index (χ3n) is 6.08. The first-order chi connectivity index (χ1) is 14.3. The van der Waals surface area contributed by atoms with Crippen molar-refractivity contribution in [3.05, 3.63) is 63.1 Å². The highest BCUT2D eigenvalue weighted by Gasteiger charge is 2.22. The van der Waals surface area contributed by atoms with Crippen LogP contribution in [0.4, 0.5) is 0 Å². The van der Waals surface area contributed by atoms with Crippen molar-refractivity contribution in [2.75, 3.05) is 13.1 Å². The number of benzene rings is 1. The Hall–Kier alpha value is -2.69. The summed E-state index contributed by atoms with van der Waals surface area (Å²) in [5, 5.41) is 4.55. The fourth-order valence-corrected chi connectivity index (χ4v) is 4.31. The van der Waals surface area contributed by atoms with Crippen LogP contribution in [0, 0.1) is 34.6 Å². The quantitative estimate of drug-likeness (QED) is 0.547. The van der Waals surface area contributed by atoms with Gasteiger partial charge in [-0.2, -0.15) is 5.10 Å². The zero-order valence-corrected chi connectivity index (χ0v) is 19.5. The summed E-state index contributed by atoms with van der Waals surface area (Å²) in [4.78, 5) is 19.8. The maximum Gasteiger partial charge on any atom is 0.259 e. The van der Waals surface area contributed by atoms with Crippen LogP contribution in [0.1, 0.15) is 76.3 Å². The molecule has 3 rings (SSSR count). The normalized spacial score (nSPS) is 11.3. The van der Waals surface area contributed by atoms with Crippen LogP contribution in [0.2, 0.25) is 0 Å². The molecule has 5 heteroatoms. The lowest BCUT2D eigenvalue weighted by molar-refractivity contribution is 0.0764.